The highest BCUT2D eigenvalue weighted by molar-refractivity contribution is 6.22. The Kier molecular flexibility index (Phi) is 5.84. The van der Waals surface area contributed by atoms with Gasteiger partial charge in [-0.15, -0.1) is 6.58 Å². The summed E-state index contributed by atoms with van der Waals surface area (Å²) < 4.78 is 1.82. The number of aromatic nitrogens is 3. The fourth-order valence-electron chi connectivity index (χ4n) is 6.95. The normalized spacial score (nSPS) is 20.0. The summed E-state index contributed by atoms with van der Waals surface area (Å²) in [6.45, 7) is 5.94. The van der Waals surface area contributed by atoms with Crippen LogP contribution in [0.1, 0.15) is 50.4 Å². The van der Waals surface area contributed by atoms with Crippen LogP contribution in [0.15, 0.2) is 109 Å². The lowest BCUT2D eigenvalue weighted by molar-refractivity contribution is 0.00398. The largest absolute Gasteiger partial charge is 0.269 e. The number of aryl methyl sites for hydroxylation is 1. The molecule has 5 aromatic rings. The van der Waals surface area contributed by atoms with Crippen molar-refractivity contribution < 1.29 is 9.59 Å². The van der Waals surface area contributed by atoms with Crippen LogP contribution in [0.2, 0.25) is 0 Å². The number of amides is 2. The quantitative estimate of drug-likeness (QED) is 0.163. The van der Waals surface area contributed by atoms with E-state index in [1.807, 2.05) is 60.3 Å². The third-order valence-corrected chi connectivity index (χ3v) is 9.16. The molecule has 8 rings (SSSR count). The first-order chi connectivity index (χ1) is 21.5. The minimum atomic E-state index is -0.729. The first kappa shape index (κ1) is 26.2. The van der Waals surface area contributed by atoms with Gasteiger partial charge in [-0.25, -0.2) is 9.98 Å². The van der Waals surface area contributed by atoms with Crippen molar-refractivity contribution in [3.05, 3.63) is 132 Å². The Balaban J connectivity index is 1.25. The van der Waals surface area contributed by atoms with Crippen LogP contribution in [-0.4, -0.2) is 37.7 Å². The number of pyridine rings is 1. The molecule has 0 unspecified atom stereocenters. The van der Waals surface area contributed by atoms with Gasteiger partial charge in [-0.3, -0.25) is 14.5 Å². The SMILES string of the molecule is C=CC1CC(c2ccc(-c3nc4c(cc3-c3ccccc3)CC=Nc3cc(C)nn3-4)cc2)(N2C(=O)c3ccccc3C2=O)C1. The highest BCUT2D eigenvalue weighted by atomic mass is 16.2. The summed E-state index contributed by atoms with van der Waals surface area (Å²) in [5, 5.41) is 4.71. The van der Waals surface area contributed by atoms with Gasteiger partial charge in [-0.1, -0.05) is 72.8 Å². The molecule has 0 spiro atoms. The van der Waals surface area contributed by atoms with Crippen LogP contribution in [0.4, 0.5) is 5.82 Å². The number of carbonyl (C=O) groups is 2. The highest BCUT2D eigenvalue weighted by Gasteiger charge is 2.56. The van der Waals surface area contributed by atoms with Gasteiger partial charge in [0, 0.05) is 35.4 Å². The molecule has 1 aliphatic carbocycles. The standard InChI is InChI=1S/C37H29N5O2/c1-3-24-21-37(22-24,41-35(43)29-11-7-8-12-30(29)36(41)44)28-15-13-26(14-16-28)33-31(25-9-5-4-6-10-25)20-27-17-18-38-32-19-23(2)40-42(32)34(27)39-33/h3-16,18-20,24H,1,17,21-22H2,2H3. The third kappa shape index (κ3) is 3.85. The Morgan fingerprint density at radius 2 is 1.52 bits per heavy atom. The van der Waals surface area contributed by atoms with Crippen LogP contribution in [-0.2, 0) is 12.0 Å². The second kappa shape index (κ2) is 9.81. The van der Waals surface area contributed by atoms with Gasteiger partial charge in [0.2, 0.25) is 0 Å². The van der Waals surface area contributed by atoms with Gasteiger partial charge in [-0.05, 0) is 55.0 Å². The molecule has 0 radical (unpaired) electrons. The van der Waals surface area contributed by atoms with E-state index in [4.69, 9.17) is 10.1 Å². The first-order valence-corrected chi connectivity index (χ1v) is 14.9. The maximum atomic E-state index is 13.6. The molecule has 3 aliphatic rings. The van der Waals surface area contributed by atoms with E-state index < -0.39 is 5.54 Å². The Bertz CT molecular complexity index is 1980. The maximum absolute atomic E-state index is 13.6. The Morgan fingerprint density at radius 3 is 2.20 bits per heavy atom. The lowest BCUT2D eigenvalue weighted by atomic mass is 9.63. The predicted molar refractivity (Wildman–Crippen MR) is 170 cm³/mol. The predicted octanol–water partition coefficient (Wildman–Crippen LogP) is 7.26. The summed E-state index contributed by atoms with van der Waals surface area (Å²) in [4.78, 5) is 38.6. The van der Waals surface area contributed by atoms with Crippen LogP contribution in [0.3, 0.4) is 0 Å². The molecule has 4 heterocycles. The molecule has 1 saturated carbocycles. The zero-order chi connectivity index (χ0) is 30.0. The van der Waals surface area contributed by atoms with E-state index in [0.717, 1.165) is 50.8 Å². The Morgan fingerprint density at radius 1 is 0.841 bits per heavy atom. The van der Waals surface area contributed by atoms with E-state index in [1.54, 1.807) is 24.3 Å². The molecule has 0 bridgehead atoms. The average Bonchev–Trinajstić information content (AvgIpc) is 3.47. The number of aliphatic imine (C=N–C) groups is 1. The zero-order valence-electron chi connectivity index (χ0n) is 24.3. The monoisotopic (exact) mass is 575 g/mol. The summed E-state index contributed by atoms with van der Waals surface area (Å²) in [7, 11) is 0. The van der Waals surface area contributed by atoms with E-state index in [0.29, 0.717) is 30.4 Å². The lowest BCUT2D eigenvalue weighted by Crippen LogP contribution is -2.56. The summed E-state index contributed by atoms with van der Waals surface area (Å²) in [5.41, 5.74) is 6.90. The van der Waals surface area contributed by atoms with Crippen LogP contribution >= 0.6 is 0 Å². The van der Waals surface area contributed by atoms with Gasteiger partial charge < -0.3 is 0 Å². The van der Waals surface area contributed by atoms with E-state index in [9.17, 15) is 9.59 Å². The van der Waals surface area contributed by atoms with Gasteiger partial charge in [0.05, 0.1) is 28.1 Å². The summed E-state index contributed by atoms with van der Waals surface area (Å²) >= 11 is 0. The summed E-state index contributed by atoms with van der Waals surface area (Å²) in [6.07, 6.45) is 5.78. The fourth-order valence-corrected chi connectivity index (χ4v) is 6.95. The third-order valence-electron chi connectivity index (χ3n) is 9.16. The van der Waals surface area contributed by atoms with Crippen LogP contribution in [0.25, 0.3) is 28.2 Å². The minimum Gasteiger partial charge on any atom is -0.269 e. The molecular weight excluding hydrogens is 546 g/mol. The van der Waals surface area contributed by atoms with Gasteiger partial charge in [0.1, 0.15) is 0 Å². The van der Waals surface area contributed by atoms with Crippen molar-refractivity contribution in [3.8, 4) is 28.2 Å². The number of carbonyl (C=O) groups excluding carboxylic acids is 2. The first-order valence-electron chi connectivity index (χ1n) is 14.9. The van der Waals surface area contributed by atoms with Gasteiger partial charge >= 0.3 is 0 Å². The molecule has 3 aromatic carbocycles. The second-order valence-corrected chi connectivity index (χ2v) is 11.8. The number of fused-ring (bicyclic) bond motifs is 4. The summed E-state index contributed by atoms with van der Waals surface area (Å²) in [5.74, 6) is 1.28. The molecule has 7 heteroatoms. The van der Waals surface area contributed by atoms with E-state index >= 15 is 0 Å². The average molecular weight is 576 g/mol. The van der Waals surface area contributed by atoms with Crippen molar-refractivity contribution in [2.75, 3.05) is 0 Å². The maximum Gasteiger partial charge on any atom is 0.262 e. The van der Waals surface area contributed by atoms with Crippen molar-refractivity contribution in [1.29, 1.82) is 0 Å². The van der Waals surface area contributed by atoms with Crippen LogP contribution < -0.4 is 0 Å². The van der Waals surface area contributed by atoms with Crippen LogP contribution in [0.5, 0.6) is 0 Å². The minimum absolute atomic E-state index is 0.226. The van der Waals surface area contributed by atoms with Crippen molar-refractivity contribution in [2.45, 2.75) is 31.7 Å². The molecule has 214 valence electrons. The van der Waals surface area contributed by atoms with Crippen molar-refractivity contribution in [1.82, 2.24) is 19.7 Å². The topological polar surface area (TPSA) is 80.5 Å². The highest BCUT2D eigenvalue weighted by Crippen LogP contribution is 2.53. The lowest BCUT2D eigenvalue weighted by Gasteiger charge is -2.51. The van der Waals surface area contributed by atoms with Gasteiger partial charge in [0.25, 0.3) is 11.8 Å². The Labute approximate surface area is 255 Å². The number of benzene rings is 3. The Hall–Kier alpha value is -5.43. The van der Waals surface area contributed by atoms with Crippen LogP contribution in [0, 0.1) is 12.8 Å². The number of hydrogen-bond donors (Lipinski definition) is 0. The number of nitrogens with zero attached hydrogens (tertiary/aromatic N) is 5. The molecule has 44 heavy (non-hydrogen) atoms. The molecule has 0 atom stereocenters. The number of imide groups is 1. The second-order valence-electron chi connectivity index (χ2n) is 11.8. The zero-order valence-corrected chi connectivity index (χ0v) is 24.3. The molecule has 2 amide bonds. The molecule has 7 nitrogen and oxygen atoms in total. The van der Waals surface area contributed by atoms with Crippen molar-refractivity contribution >= 4 is 23.8 Å². The number of rotatable bonds is 5. The van der Waals surface area contributed by atoms with Gasteiger partial charge in [0.15, 0.2) is 11.6 Å². The summed E-state index contributed by atoms with van der Waals surface area (Å²) in [6, 6.07) is 29.7. The van der Waals surface area contributed by atoms with Crippen molar-refractivity contribution in [2.24, 2.45) is 10.9 Å². The molecule has 0 saturated heterocycles. The molecule has 1 fully saturated rings. The van der Waals surface area contributed by atoms with E-state index in [1.165, 1.54) is 4.90 Å². The van der Waals surface area contributed by atoms with E-state index in [2.05, 4.69) is 41.9 Å². The smallest absolute Gasteiger partial charge is 0.262 e. The van der Waals surface area contributed by atoms with Gasteiger partial charge in [-0.2, -0.15) is 9.78 Å². The van der Waals surface area contributed by atoms with Crippen molar-refractivity contribution in [3.63, 3.8) is 0 Å². The number of hydrogen-bond acceptors (Lipinski definition) is 5. The molecular formula is C37H29N5O2. The van der Waals surface area contributed by atoms with E-state index in [-0.39, 0.29) is 17.7 Å². The molecule has 2 aromatic heterocycles. The number of allylic oxidation sites excluding steroid dienone is 1. The fraction of sp³-hybridized carbons (Fsp3) is 0.162. The molecule has 2 aliphatic heterocycles. The molecule has 0 N–H and O–H groups in total.